The zero-order valence-electron chi connectivity index (χ0n) is 15.3. The first-order valence-corrected chi connectivity index (χ1v) is 9.03. The Hall–Kier alpha value is -3.45. The number of rotatable bonds is 5. The number of H-pyrrole nitrogens is 2. The summed E-state index contributed by atoms with van der Waals surface area (Å²) in [6.45, 7) is 2.40. The van der Waals surface area contributed by atoms with E-state index in [1.54, 1.807) is 36.5 Å². The van der Waals surface area contributed by atoms with Crippen molar-refractivity contribution in [3.63, 3.8) is 0 Å². The molecule has 0 unspecified atom stereocenters. The molecule has 0 fully saturated rings. The molecule has 4 aromatic rings. The second-order valence-corrected chi connectivity index (χ2v) is 6.43. The van der Waals surface area contributed by atoms with Gasteiger partial charge in [-0.1, -0.05) is 25.1 Å². The molecule has 2 heterocycles. The average molecular weight is 377 g/mol. The molecular weight excluding hydrogens is 357 g/mol. The standard InChI is InChI=1S/C21H20FN5O/c1-2-12-10-14(28)5-6-15(12)16-7-8-17-19(18(16)22)26-27-20(17)21-24-11-13(25-21)4-3-9-23/h3-8,10-11,28H,2,9,23H2,1H3,(H,24,25)(H,26,27)/b4-3+. The number of nitrogens with zero attached hydrogens (tertiary/aromatic N) is 2. The Labute approximate surface area is 160 Å². The van der Waals surface area contributed by atoms with Crippen molar-refractivity contribution >= 4 is 17.0 Å². The number of imidazole rings is 1. The number of hydrogen-bond donors (Lipinski definition) is 4. The average Bonchev–Trinajstić information content (AvgIpc) is 3.34. The fraction of sp³-hybridized carbons (Fsp3) is 0.143. The highest BCUT2D eigenvalue weighted by atomic mass is 19.1. The molecule has 5 N–H and O–H groups in total. The summed E-state index contributed by atoms with van der Waals surface area (Å²) >= 11 is 0. The van der Waals surface area contributed by atoms with Crippen molar-refractivity contribution in [1.29, 1.82) is 0 Å². The molecule has 0 saturated heterocycles. The number of fused-ring (bicyclic) bond motifs is 1. The van der Waals surface area contributed by atoms with Gasteiger partial charge < -0.3 is 15.8 Å². The van der Waals surface area contributed by atoms with E-state index in [-0.39, 0.29) is 11.6 Å². The molecule has 6 nitrogen and oxygen atoms in total. The minimum atomic E-state index is -0.383. The number of nitrogens with two attached hydrogens (primary N) is 1. The van der Waals surface area contributed by atoms with E-state index in [4.69, 9.17) is 5.73 Å². The smallest absolute Gasteiger partial charge is 0.159 e. The number of phenols is 1. The molecule has 0 amide bonds. The SMILES string of the molecule is CCc1cc(O)ccc1-c1ccc2c(-c3nc(/C=C/CN)c[nH]3)n[nH]c2c1F. The van der Waals surface area contributed by atoms with Crippen molar-refractivity contribution in [2.24, 2.45) is 5.73 Å². The summed E-state index contributed by atoms with van der Waals surface area (Å²) in [6, 6.07) is 8.53. The summed E-state index contributed by atoms with van der Waals surface area (Å²) in [7, 11) is 0. The Bertz CT molecular complexity index is 1170. The number of aromatic nitrogens is 4. The number of hydrogen-bond acceptors (Lipinski definition) is 4. The van der Waals surface area contributed by atoms with Crippen LogP contribution in [0.25, 0.3) is 39.6 Å². The number of aromatic amines is 2. The minimum absolute atomic E-state index is 0.170. The molecule has 7 heteroatoms. The Kier molecular flexibility index (Phi) is 4.67. The molecule has 0 radical (unpaired) electrons. The maximum absolute atomic E-state index is 15.3. The first kappa shape index (κ1) is 17.9. The molecule has 4 rings (SSSR count). The van der Waals surface area contributed by atoms with Gasteiger partial charge in [-0.3, -0.25) is 5.10 Å². The van der Waals surface area contributed by atoms with E-state index in [2.05, 4.69) is 20.2 Å². The van der Waals surface area contributed by atoms with Crippen LogP contribution in [0.3, 0.4) is 0 Å². The van der Waals surface area contributed by atoms with Crippen LogP contribution in [0.15, 0.2) is 42.6 Å². The van der Waals surface area contributed by atoms with Crippen molar-refractivity contribution in [3.05, 3.63) is 59.7 Å². The molecular formula is C21H20FN5O. The zero-order valence-corrected chi connectivity index (χ0v) is 15.3. The molecule has 2 aromatic carbocycles. The second kappa shape index (κ2) is 7.28. The van der Waals surface area contributed by atoms with Crippen molar-refractivity contribution in [1.82, 2.24) is 20.2 Å². The molecule has 142 valence electrons. The van der Waals surface area contributed by atoms with Crippen LogP contribution in [0.1, 0.15) is 18.2 Å². The van der Waals surface area contributed by atoms with Crippen LogP contribution >= 0.6 is 0 Å². The minimum Gasteiger partial charge on any atom is -0.508 e. The Morgan fingerprint density at radius 2 is 2.04 bits per heavy atom. The third-order valence-electron chi connectivity index (χ3n) is 4.68. The first-order valence-electron chi connectivity index (χ1n) is 9.03. The highest BCUT2D eigenvalue weighted by Gasteiger charge is 2.18. The molecule has 2 aromatic heterocycles. The lowest BCUT2D eigenvalue weighted by Gasteiger charge is -2.10. The highest BCUT2D eigenvalue weighted by molar-refractivity contribution is 5.94. The van der Waals surface area contributed by atoms with Crippen LogP contribution in [0, 0.1) is 5.82 Å². The van der Waals surface area contributed by atoms with Gasteiger partial charge in [0.25, 0.3) is 0 Å². The van der Waals surface area contributed by atoms with Gasteiger partial charge in [0.2, 0.25) is 0 Å². The van der Waals surface area contributed by atoms with E-state index in [0.717, 1.165) is 16.8 Å². The van der Waals surface area contributed by atoms with Crippen LogP contribution < -0.4 is 5.73 Å². The van der Waals surface area contributed by atoms with Crippen molar-refractivity contribution in [2.45, 2.75) is 13.3 Å². The van der Waals surface area contributed by atoms with E-state index in [1.807, 2.05) is 19.1 Å². The third kappa shape index (κ3) is 3.05. The fourth-order valence-corrected chi connectivity index (χ4v) is 3.31. The van der Waals surface area contributed by atoms with Gasteiger partial charge in [-0.25, -0.2) is 9.37 Å². The summed E-state index contributed by atoms with van der Waals surface area (Å²) in [6.07, 6.45) is 6.04. The lowest BCUT2D eigenvalue weighted by atomic mass is 9.96. The summed E-state index contributed by atoms with van der Waals surface area (Å²) in [5.74, 6) is 0.337. The van der Waals surface area contributed by atoms with Gasteiger partial charge >= 0.3 is 0 Å². The Morgan fingerprint density at radius 1 is 1.21 bits per heavy atom. The third-order valence-corrected chi connectivity index (χ3v) is 4.68. The number of halogens is 1. The van der Waals surface area contributed by atoms with Crippen LogP contribution in [-0.4, -0.2) is 31.8 Å². The van der Waals surface area contributed by atoms with Crippen molar-refractivity contribution in [3.8, 4) is 28.4 Å². The van der Waals surface area contributed by atoms with Gasteiger partial charge in [-0.15, -0.1) is 0 Å². The number of nitrogens with one attached hydrogen (secondary N) is 2. The quantitative estimate of drug-likeness (QED) is 0.422. The maximum Gasteiger partial charge on any atom is 0.159 e. The van der Waals surface area contributed by atoms with Gasteiger partial charge in [-0.2, -0.15) is 5.10 Å². The van der Waals surface area contributed by atoms with Gasteiger partial charge in [0.05, 0.1) is 5.69 Å². The van der Waals surface area contributed by atoms with Gasteiger partial charge in [-0.05, 0) is 41.8 Å². The Balaban J connectivity index is 1.80. The predicted octanol–water partition coefficient (Wildman–Crippen LogP) is 4.00. The van der Waals surface area contributed by atoms with Gasteiger partial charge in [0.1, 0.15) is 17.0 Å². The van der Waals surface area contributed by atoms with Crippen LogP contribution in [0.5, 0.6) is 5.75 Å². The molecule has 0 aliphatic rings. The van der Waals surface area contributed by atoms with E-state index in [9.17, 15) is 5.11 Å². The molecule has 0 atom stereocenters. The van der Waals surface area contributed by atoms with Crippen LogP contribution in [0.2, 0.25) is 0 Å². The summed E-state index contributed by atoms with van der Waals surface area (Å²) in [4.78, 5) is 7.52. The molecule has 28 heavy (non-hydrogen) atoms. The molecule has 0 aliphatic heterocycles. The number of aromatic hydroxyl groups is 1. The lowest BCUT2D eigenvalue weighted by molar-refractivity contribution is 0.474. The zero-order chi connectivity index (χ0) is 19.7. The molecule has 0 saturated carbocycles. The second-order valence-electron chi connectivity index (χ2n) is 6.43. The summed E-state index contributed by atoms with van der Waals surface area (Å²) < 4.78 is 15.3. The lowest BCUT2D eigenvalue weighted by Crippen LogP contribution is -1.92. The first-order chi connectivity index (χ1) is 13.6. The topological polar surface area (TPSA) is 104 Å². The number of aryl methyl sites for hydroxylation is 1. The van der Waals surface area contributed by atoms with E-state index < -0.39 is 0 Å². The van der Waals surface area contributed by atoms with E-state index in [0.29, 0.717) is 41.0 Å². The van der Waals surface area contributed by atoms with E-state index in [1.165, 1.54) is 0 Å². The molecule has 0 spiro atoms. The van der Waals surface area contributed by atoms with Gasteiger partial charge in [0, 0.05) is 23.7 Å². The largest absolute Gasteiger partial charge is 0.508 e. The monoisotopic (exact) mass is 377 g/mol. The van der Waals surface area contributed by atoms with Crippen molar-refractivity contribution in [2.75, 3.05) is 6.54 Å². The van der Waals surface area contributed by atoms with E-state index >= 15 is 4.39 Å². The van der Waals surface area contributed by atoms with Crippen molar-refractivity contribution < 1.29 is 9.50 Å². The number of phenolic OH excluding ortho intramolecular Hbond substituents is 1. The maximum atomic E-state index is 15.3. The van der Waals surface area contributed by atoms with Crippen LogP contribution in [0.4, 0.5) is 4.39 Å². The number of benzene rings is 2. The summed E-state index contributed by atoms with van der Waals surface area (Å²) in [5.41, 5.74) is 9.15. The van der Waals surface area contributed by atoms with Gasteiger partial charge in [0.15, 0.2) is 11.6 Å². The highest BCUT2D eigenvalue weighted by Crippen LogP contribution is 2.34. The normalized spacial score (nSPS) is 11.7. The fourth-order valence-electron chi connectivity index (χ4n) is 3.31. The Morgan fingerprint density at radius 3 is 2.82 bits per heavy atom. The molecule has 0 bridgehead atoms. The molecule has 0 aliphatic carbocycles. The van der Waals surface area contributed by atoms with Crippen LogP contribution in [-0.2, 0) is 6.42 Å². The summed E-state index contributed by atoms with van der Waals surface area (Å²) in [5, 5.41) is 17.4. The predicted molar refractivity (Wildman–Crippen MR) is 108 cm³/mol.